The van der Waals surface area contributed by atoms with Crippen molar-refractivity contribution >= 4 is 22.0 Å². The predicted octanol–water partition coefficient (Wildman–Crippen LogP) is 5.74. The highest BCUT2D eigenvalue weighted by molar-refractivity contribution is 9.10. The fourth-order valence-corrected chi connectivity index (χ4v) is 4.96. The number of rotatable bonds is 7. The second-order valence-corrected chi connectivity index (χ2v) is 9.90. The zero-order chi connectivity index (χ0) is 26.5. The Labute approximate surface area is 229 Å². The number of amides is 1. The molecule has 1 aliphatic heterocycles. The summed E-state index contributed by atoms with van der Waals surface area (Å²) in [5.41, 5.74) is 3.06. The maximum absolute atomic E-state index is 14.1. The quantitative estimate of drug-likeness (QED) is 0.282. The summed E-state index contributed by atoms with van der Waals surface area (Å²) in [6, 6.07) is 26.6. The Bertz CT molecular complexity index is 1420. The summed E-state index contributed by atoms with van der Waals surface area (Å²) in [4.78, 5) is 33.5. The van der Waals surface area contributed by atoms with Gasteiger partial charge in [-0.25, -0.2) is 9.78 Å². The van der Waals surface area contributed by atoms with Crippen LogP contribution in [0.15, 0.2) is 94.2 Å². The molecular formula is C30H28BrN3O4. The van der Waals surface area contributed by atoms with Crippen LogP contribution in [-0.4, -0.2) is 33.7 Å². The van der Waals surface area contributed by atoms with E-state index in [9.17, 15) is 9.59 Å². The molecule has 194 valence electrons. The van der Waals surface area contributed by atoms with Gasteiger partial charge in [0.1, 0.15) is 18.2 Å². The standard InChI is InChI=1S/C30H28BrN3O4/c1-2-37-20-27-32-26-19-33(30(36)38-24-15-13-23(31)14-16-24)18-17-25(26)29(35)34(27)28(21-9-5-3-6-10-21)22-11-7-4-8-12-22/h3-16,28H,2,17-20H2,1H3. The molecule has 0 spiro atoms. The van der Waals surface area contributed by atoms with Crippen LogP contribution in [0.5, 0.6) is 5.75 Å². The van der Waals surface area contributed by atoms with Gasteiger partial charge in [0.15, 0.2) is 0 Å². The van der Waals surface area contributed by atoms with Crippen LogP contribution in [0, 0.1) is 0 Å². The zero-order valence-electron chi connectivity index (χ0n) is 21.0. The lowest BCUT2D eigenvalue weighted by Gasteiger charge is -2.30. The fourth-order valence-electron chi connectivity index (χ4n) is 4.70. The molecular weight excluding hydrogens is 546 g/mol. The van der Waals surface area contributed by atoms with Crippen LogP contribution in [0.1, 0.15) is 41.2 Å². The second-order valence-electron chi connectivity index (χ2n) is 8.98. The van der Waals surface area contributed by atoms with E-state index in [1.807, 2.05) is 79.7 Å². The Balaban J connectivity index is 1.53. The lowest BCUT2D eigenvalue weighted by atomic mass is 9.97. The third kappa shape index (κ3) is 5.56. The second kappa shape index (κ2) is 11.8. The molecule has 4 aromatic rings. The van der Waals surface area contributed by atoms with Crippen molar-refractivity contribution in [3.63, 3.8) is 0 Å². The van der Waals surface area contributed by atoms with E-state index in [4.69, 9.17) is 14.5 Å². The average molecular weight is 574 g/mol. The topological polar surface area (TPSA) is 73.7 Å². The van der Waals surface area contributed by atoms with E-state index >= 15 is 0 Å². The van der Waals surface area contributed by atoms with Crippen LogP contribution in [-0.2, 0) is 24.3 Å². The van der Waals surface area contributed by atoms with Gasteiger partial charge in [0, 0.05) is 23.2 Å². The number of nitrogens with zero attached hydrogens (tertiary/aromatic N) is 3. The third-order valence-electron chi connectivity index (χ3n) is 6.54. The van der Waals surface area contributed by atoms with Gasteiger partial charge in [-0.15, -0.1) is 0 Å². The highest BCUT2D eigenvalue weighted by Gasteiger charge is 2.30. The van der Waals surface area contributed by atoms with Crippen LogP contribution >= 0.6 is 15.9 Å². The number of carbonyl (C=O) groups is 1. The minimum atomic E-state index is -0.471. The zero-order valence-corrected chi connectivity index (χ0v) is 22.6. The minimum Gasteiger partial charge on any atom is -0.410 e. The number of benzene rings is 3. The molecule has 7 nitrogen and oxygen atoms in total. The van der Waals surface area contributed by atoms with Crippen molar-refractivity contribution in [2.75, 3.05) is 13.2 Å². The van der Waals surface area contributed by atoms with E-state index in [1.54, 1.807) is 21.6 Å². The van der Waals surface area contributed by atoms with Gasteiger partial charge in [-0.3, -0.25) is 9.36 Å². The molecule has 0 bridgehead atoms. The van der Waals surface area contributed by atoms with Gasteiger partial charge < -0.3 is 14.4 Å². The Morgan fingerprint density at radius 3 is 2.21 bits per heavy atom. The number of fused-ring (bicyclic) bond motifs is 1. The number of halogens is 1. The number of carbonyl (C=O) groups excluding carboxylic acids is 1. The smallest absolute Gasteiger partial charge is 0.410 e. The third-order valence-corrected chi connectivity index (χ3v) is 7.07. The van der Waals surface area contributed by atoms with Crippen molar-refractivity contribution < 1.29 is 14.3 Å². The molecule has 0 atom stereocenters. The highest BCUT2D eigenvalue weighted by Crippen LogP contribution is 2.28. The maximum Gasteiger partial charge on any atom is 0.415 e. The summed E-state index contributed by atoms with van der Waals surface area (Å²) in [6.45, 7) is 3.14. The minimum absolute atomic E-state index is 0.108. The van der Waals surface area contributed by atoms with E-state index in [0.29, 0.717) is 42.4 Å². The van der Waals surface area contributed by atoms with Crippen molar-refractivity contribution in [3.05, 3.63) is 128 Å². The number of hydrogen-bond donors (Lipinski definition) is 0. The Morgan fingerprint density at radius 1 is 0.974 bits per heavy atom. The number of aromatic nitrogens is 2. The lowest BCUT2D eigenvalue weighted by molar-refractivity contribution is 0.122. The van der Waals surface area contributed by atoms with E-state index in [2.05, 4.69) is 15.9 Å². The molecule has 0 aliphatic carbocycles. The summed E-state index contributed by atoms with van der Waals surface area (Å²) >= 11 is 3.38. The van der Waals surface area contributed by atoms with Crippen LogP contribution in [0.2, 0.25) is 0 Å². The van der Waals surface area contributed by atoms with Gasteiger partial charge in [-0.2, -0.15) is 0 Å². The molecule has 1 amide bonds. The molecule has 2 heterocycles. The fraction of sp³-hybridized carbons (Fsp3) is 0.233. The maximum atomic E-state index is 14.1. The van der Waals surface area contributed by atoms with E-state index < -0.39 is 6.09 Å². The number of ether oxygens (including phenoxy) is 2. The van der Waals surface area contributed by atoms with Crippen molar-refractivity contribution in [1.29, 1.82) is 0 Å². The summed E-state index contributed by atoms with van der Waals surface area (Å²) in [5.74, 6) is 0.981. The largest absolute Gasteiger partial charge is 0.415 e. The Kier molecular flexibility index (Phi) is 8.00. The van der Waals surface area contributed by atoms with Crippen LogP contribution < -0.4 is 10.3 Å². The molecule has 3 aromatic carbocycles. The first-order valence-corrected chi connectivity index (χ1v) is 13.4. The number of hydrogen-bond acceptors (Lipinski definition) is 5. The van der Waals surface area contributed by atoms with Crippen molar-refractivity contribution in [3.8, 4) is 5.75 Å². The molecule has 0 saturated heterocycles. The molecule has 0 fully saturated rings. The monoisotopic (exact) mass is 573 g/mol. The molecule has 1 aromatic heterocycles. The molecule has 0 radical (unpaired) electrons. The normalized spacial score (nSPS) is 12.9. The van der Waals surface area contributed by atoms with Crippen LogP contribution in [0.3, 0.4) is 0 Å². The summed E-state index contributed by atoms with van der Waals surface area (Å²) in [6.07, 6.45) is -0.0799. The van der Waals surface area contributed by atoms with Gasteiger partial charge in [-0.05, 0) is 48.7 Å². The van der Waals surface area contributed by atoms with Gasteiger partial charge >= 0.3 is 6.09 Å². The van der Waals surface area contributed by atoms with Crippen molar-refractivity contribution in [2.24, 2.45) is 0 Å². The van der Waals surface area contributed by atoms with E-state index in [0.717, 1.165) is 15.6 Å². The average Bonchev–Trinajstić information content (AvgIpc) is 2.95. The van der Waals surface area contributed by atoms with Gasteiger partial charge in [-0.1, -0.05) is 76.6 Å². The van der Waals surface area contributed by atoms with Gasteiger partial charge in [0.05, 0.1) is 18.3 Å². The molecule has 0 saturated carbocycles. The summed E-state index contributed by atoms with van der Waals surface area (Å²) in [5, 5.41) is 0. The molecule has 8 heteroatoms. The Hall–Kier alpha value is -3.75. The molecule has 0 unspecified atom stereocenters. The molecule has 1 aliphatic rings. The van der Waals surface area contributed by atoms with Crippen LogP contribution in [0.4, 0.5) is 4.79 Å². The van der Waals surface area contributed by atoms with Crippen LogP contribution in [0.25, 0.3) is 0 Å². The van der Waals surface area contributed by atoms with E-state index in [-0.39, 0.29) is 24.8 Å². The van der Waals surface area contributed by atoms with E-state index in [1.165, 1.54) is 0 Å². The lowest BCUT2D eigenvalue weighted by Crippen LogP contribution is -2.43. The molecule has 5 rings (SSSR count). The summed E-state index contributed by atoms with van der Waals surface area (Å²) in [7, 11) is 0. The van der Waals surface area contributed by atoms with Gasteiger partial charge in [0.25, 0.3) is 5.56 Å². The molecule has 0 N–H and O–H groups in total. The molecule has 38 heavy (non-hydrogen) atoms. The van der Waals surface area contributed by atoms with Crippen molar-refractivity contribution in [2.45, 2.75) is 32.5 Å². The predicted molar refractivity (Wildman–Crippen MR) is 148 cm³/mol. The SMILES string of the molecule is CCOCc1nc2c(c(=O)n1C(c1ccccc1)c1ccccc1)CCN(C(=O)Oc1ccc(Br)cc1)C2. The van der Waals surface area contributed by atoms with Crippen molar-refractivity contribution in [1.82, 2.24) is 14.5 Å². The highest BCUT2D eigenvalue weighted by atomic mass is 79.9. The first-order chi connectivity index (χ1) is 18.5. The first kappa shape index (κ1) is 25.9. The summed E-state index contributed by atoms with van der Waals surface area (Å²) < 4.78 is 14.0. The first-order valence-electron chi connectivity index (χ1n) is 12.6. The Morgan fingerprint density at radius 2 is 1.61 bits per heavy atom. The van der Waals surface area contributed by atoms with Gasteiger partial charge in [0.2, 0.25) is 0 Å².